The fourth-order valence-electron chi connectivity index (χ4n) is 3.31. The molecule has 0 aliphatic carbocycles. The topological polar surface area (TPSA) is 141 Å². The number of ether oxygens (including phenoxy) is 3. The molecule has 0 aromatic heterocycles. The molecular formula is C25H30Cl2N4O7. The Balaban J connectivity index is 2.17. The van der Waals surface area contributed by atoms with Gasteiger partial charge in [0.25, 0.3) is 17.5 Å². The average Bonchev–Trinajstić information content (AvgIpc) is 2.85. The maximum Gasteiger partial charge on any atom is 0.274 e. The van der Waals surface area contributed by atoms with E-state index in [1.807, 2.05) is 13.8 Å². The van der Waals surface area contributed by atoms with Crippen molar-refractivity contribution in [3.63, 3.8) is 0 Å². The Labute approximate surface area is 230 Å². The van der Waals surface area contributed by atoms with Gasteiger partial charge in [0.2, 0.25) is 0 Å². The molecule has 2 aromatic rings. The summed E-state index contributed by atoms with van der Waals surface area (Å²) in [5.41, 5.74) is 2.36. The Kier molecular flexibility index (Phi) is 11.6. The van der Waals surface area contributed by atoms with Crippen LogP contribution >= 0.6 is 23.2 Å². The van der Waals surface area contributed by atoms with Gasteiger partial charge in [0.15, 0.2) is 17.6 Å². The van der Waals surface area contributed by atoms with Crippen molar-refractivity contribution in [3.05, 3.63) is 56.1 Å². The molecule has 0 bridgehead atoms. The number of benzene rings is 2. The van der Waals surface area contributed by atoms with E-state index < -0.39 is 28.9 Å². The van der Waals surface area contributed by atoms with E-state index in [9.17, 15) is 19.7 Å². The highest BCUT2D eigenvalue weighted by molar-refractivity contribution is 6.35. The van der Waals surface area contributed by atoms with Crippen molar-refractivity contribution >= 4 is 46.9 Å². The molecule has 0 fully saturated rings. The fourth-order valence-corrected chi connectivity index (χ4v) is 3.76. The number of nitro groups is 1. The van der Waals surface area contributed by atoms with Gasteiger partial charge in [-0.1, -0.05) is 37.0 Å². The molecule has 38 heavy (non-hydrogen) atoms. The minimum absolute atomic E-state index is 0.0579. The molecular weight excluding hydrogens is 539 g/mol. The van der Waals surface area contributed by atoms with Gasteiger partial charge in [0, 0.05) is 16.7 Å². The normalized spacial score (nSPS) is 12.6. The molecule has 2 rings (SSSR count). The number of nitrogens with one attached hydrogen (secondary N) is 2. The summed E-state index contributed by atoms with van der Waals surface area (Å²) in [6, 6.07) is 6.16. The summed E-state index contributed by atoms with van der Waals surface area (Å²) in [6.07, 6.45) is 0.558. The lowest BCUT2D eigenvalue weighted by molar-refractivity contribution is -0.385. The van der Waals surface area contributed by atoms with E-state index in [-0.39, 0.29) is 46.0 Å². The zero-order valence-electron chi connectivity index (χ0n) is 21.6. The number of hydrogen-bond donors (Lipinski definition) is 2. The van der Waals surface area contributed by atoms with Crippen LogP contribution in [0.25, 0.3) is 0 Å². The summed E-state index contributed by atoms with van der Waals surface area (Å²) in [5.74, 6) is -0.419. The number of hydrazone groups is 1. The molecule has 0 radical (unpaired) electrons. The number of carbonyl (C=O) groups excluding carboxylic acids is 2. The molecule has 0 unspecified atom stereocenters. The Morgan fingerprint density at radius 1 is 1.13 bits per heavy atom. The number of amides is 2. The maximum absolute atomic E-state index is 12.9. The molecule has 2 amide bonds. The van der Waals surface area contributed by atoms with Gasteiger partial charge in [0.05, 0.1) is 35.9 Å². The van der Waals surface area contributed by atoms with E-state index in [0.29, 0.717) is 11.4 Å². The standard InChI is InChI=1S/C25H30Cl2N4O7/c1-6-37-23-16(10-18(31(34)35)12-22(23)36-5)13-28-30-25(33)20(9-14(2)3)29-24(32)15(4)38-21-8-7-17(26)11-19(21)27/h7-8,10-15,20H,6,9H2,1-5H3,(H,29,32)(H,30,33)/b28-13-/t15-,20+/m0/s1. The van der Waals surface area contributed by atoms with Gasteiger partial charge < -0.3 is 19.5 Å². The molecule has 11 nitrogen and oxygen atoms in total. The number of non-ortho nitro benzene ring substituents is 1. The Hall–Kier alpha value is -3.57. The van der Waals surface area contributed by atoms with Gasteiger partial charge in [-0.15, -0.1) is 0 Å². The molecule has 13 heteroatoms. The van der Waals surface area contributed by atoms with E-state index in [1.54, 1.807) is 19.1 Å². The van der Waals surface area contributed by atoms with Crippen molar-refractivity contribution < 1.29 is 28.7 Å². The number of rotatable bonds is 13. The third-order valence-corrected chi connectivity index (χ3v) is 5.60. The zero-order valence-corrected chi connectivity index (χ0v) is 23.1. The summed E-state index contributed by atoms with van der Waals surface area (Å²) in [5, 5.41) is 18.6. The molecule has 0 saturated heterocycles. The molecule has 0 aliphatic heterocycles. The minimum Gasteiger partial charge on any atom is -0.493 e. The SMILES string of the molecule is CCOc1c(/C=N\NC(=O)[C@@H](CC(C)C)NC(=O)[C@H](C)Oc2ccc(Cl)cc2Cl)cc([N+](=O)[O-])cc1OC. The number of halogens is 2. The fraction of sp³-hybridized carbons (Fsp3) is 0.400. The van der Waals surface area contributed by atoms with Crippen LogP contribution in [-0.4, -0.2) is 48.8 Å². The van der Waals surface area contributed by atoms with Crippen LogP contribution in [0.3, 0.4) is 0 Å². The molecule has 2 aromatic carbocycles. The van der Waals surface area contributed by atoms with E-state index in [4.69, 9.17) is 37.4 Å². The monoisotopic (exact) mass is 568 g/mol. The largest absolute Gasteiger partial charge is 0.493 e. The predicted octanol–water partition coefficient (Wildman–Crippen LogP) is 4.76. The van der Waals surface area contributed by atoms with Gasteiger partial charge in [-0.3, -0.25) is 19.7 Å². The third kappa shape index (κ3) is 8.77. The number of hydrogen-bond acceptors (Lipinski definition) is 8. The van der Waals surface area contributed by atoms with Crippen molar-refractivity contribution in [2.45, 2.75) is 46.3 Å². The number of carbonyl (C=O) groups is 2. The number of nitro benzene ring substituents is 1. The first-order chi connectivity index (χ1) is 18.0. The van der Waals surface area contributed by atoms with Crippen LogP contribution in [0, 0.1) is 16.0 Å². The van der Waals surface area contributed by atoms with Gasteiger partial charge in [-0.25, -0.2) is 5.43 Å². The maximum atomic E-state index is 12.9. The highest BCUT2D eigenvalue weighted by Gasteiger charge is 2.26. The molecule has 0 saturated carbocycles. The molecule has 2 atom stereocenters. The van der Waals surface area contributed by atoms with E-state index >= 15 is 0 Å². The van der Waals surface area contributed by atoms with Crippen LogP contribution in [-0.2, 0) is 9.59 Å². The average molecular weight is 569 g/mol. The first-order valence-electron chi connectivity index (χ1n) is 11.7. The molecule has 0 heterocycles. The number of nitrogens with zero attached hydrogens (tertiary/aromatic N) is 2. The number of methoxy groups -OCH3 is 1. The van der Waals surface area contributed by atoms with E-state index in [0.717, 1.165) is 0 Å². The third-order valence-electron chi connectivity index (χ3n) is 5.07. The van der Waals surface area contributed by atoms with Crippen LogP contribution in [0.15, 0.2) is 35.4 Å². The highest BCUT2D eigenvalue weighted by Crippen LogP contribution is 2.35. The lowest BCUT2D eigenvalue weighted by atomic mass is 10.0. The predicted molar refractivity (Wildman–Crippen MR) is 144 cm³/mol. The van der Waals surface area contributed by atoms with Crippen LogP contribution in [0.5, 0.6) is 17.2 Å². The quantitative estimate of drug-likeness (QED) is 0.201. The smallest absolute Gasteiger partial charge is 0.274 e. The van der Waals surface area contributed by atoms with Crippen molar-refractivity contribution in [1.29, 1.82) is 0 Å². The second kappa shape index (κ2) is 14.4. The summed E-state index contributed by atoms with van der Waals surface area (Å²) in [7, 11) is 1.36. The van der Waals surface area contributed by atoms with Crippen molar-refractivity contribution in [2.24, 2.45) is 11.0 Å². The highest BCUT2D eigenvalue weighted by atomic mass is 35.5. The van der Waals surface area contributed by atoms with Gasteiger partial charge in [-0.05, 0) is 44.4 Å². The minimum atomic E-state index is -0.967. The molecule has 2 N–H and O–H groups in total. The summed E-state index contributed by atoms with van der Waals surface area (Å²) in [4.78, 5) is 36.4. The first kappa shape index (κ1) is 30.7. The summed E-state index contributed by atoms with van der Waals surface area (Å²) in [6.45, 7) is 7.33. The zero-order chi connectivity index (χ0) is 28.4. The molecule has 0 aliphatic rings. The lowest BCUT2D eigenvalue weighted by Gasteiger charge is -2.22. The van der Waals surface area contributed by atoms with Crippen molar-refractivity contribution in [1.82, 2.24) is 10.7 Å². The van der Waals surface area contributed by atoms with Gasteiger partial charge >= 0.3 is 0 Å². The molecule has 0 spiro atoms. The van der Waals surface area contributed by atoms with Crippen LogP contribution in [0.4, 0.5) is 5.69 Å². The van der Waals surface area contributed by atoms with Gasteiger partial charge in [-0.2, -0.15) is 5.10 Å². The van der Waals surface area contributed by atoms with Gasteiger partial charge in [0.1, 0.15) is 11.8 Å². The second-order valence-electron chi connectivity index (χ2n) is 8.52. The Morgan fingerprint density at radius 3 is 2.42 bits per heavy atom. The Bertz CT molecular complexity index is 1190. The second-order valence-corrected chi connectivity index (χ2v) is 9.36. The van der Waals surface area contributed by atoms with Crippen LogP contribution < -0.4 is 25.0 Å². The summed E-state index contributed by atoms with van der Waals surface area (Å²) < 4.78 is 16.4. The van der Waals surface area contributed by atoms with Crippen molar-refractivity contribution in [3.8, 4) is 17.2 Å². The summed E-state index contributed by atoms with van der Waals surface area (Å²) >= 11 is 12.0. The van der Waals surface area contributed by atoms with Crippen LogP contribution in [0.2, 0.25) is 10.0 Å². The first-order valence-corrected chi connectivity index (χ1v) is 12.5. The van der Waals surface area contributed by atoms with E-state index in [2.05, 4.69) is 15.8 Å². The lowest BCUT2D eigenvalue weighted by Crippen LogP contribution is -2.49. The van der Waals surface area contributed by atoms with Crippen LogP contribution in [0.1, 0.15) is 39.7 Å². The van der Waals surface area contributed by atoms with Crippen molar-refractivity contribution in [2.75, 3.05) is 13.7 Å². The Morgan fingerprint density at radius 2 is 1.84 bits per heavy atom. The van der Waals surface area contributed by atoms with E-state index in [1.165, 1.54) is 38.4 Å². The molecule has 206 valence electrons.